The third kappa shape index (κ3) is 1.54. The number of ether oxygens (including phenoxy) is 1. The highest BCUT2D eigenvalue weighted by atomic mass is 16.5. The number of hydrogen-bond acceptors (Lipinski definition) is 4. The number of hydrogen-bond donors (Lipinski definition) is 2. The summed E-state index contributed by atoms with van der Waals surface area (Å²) >= 11 is 0. The van der Waals surface area contributed by atoms with Gasteiger partial charge in [0, 0.05) is 11.3 Å². The Balaban J connectivity index is 2.19. The van der Waals surface area contributed by atoms with Crippen LogP contribution in [0.15, 0.2) is 12.1 Å². The molecule has 1 aromatic carbocycles. The van der Waals surface area contributed by atoms with E-state index < -0.39 is 11.4 Å². The van der Waals surface area contributed by atoms with Gasteiger partial charge in [-0.05, 0) is 32.9 Å². The van der Waals surface area contributed by atoms with Crippen molar-refractivity contribution in [2.45, 2.75) is 26.2 Å². The van der Waals surface area contributed by atoms with Crippen molar-refractivity contribution in [1.29, 1.82) is 0 Å². The minimum atomic E-state index is -1.31. The van der Waals surface area contributed by atoms with Gasteiger partial charge in [0.25, 0.3) is 0 Å². The first-order valence-corrected chi connectivity index (χ1v) is 6.46. The van der Waals surface area contributed by atoms with Crippen LogP contribution in [0.5, 0.6) is 0 Å². The molecule has 1 amide bonds. The number of anilines is 1. The lowest BCUT2D eigenvalue weighted by molar-refractivity contribution is -0.152. The molecule has 2 heterocycles. The molecule has 0 spiro atoms. The van der Waals surface area contributed by atoms with Gasteiger partial charge in [0.05, 0.1) is 17.6 Å². The molecule has 0 fully saturated rings. The SMILES string of the molecule is CCOC(=O)C1(C)C(=O)Nc2cc3nc(C)[nH]c3cc21. The largest absolute Gasteiger partial charge is 0.465 e. The van der Waals surface area contributed by atoms with Gasteiger partial charge in [0.2, 0.25) is 5.91 Å². The second-order valence-corrected chi connectivity index (χ2v) is 5.04. The molecule has 104 valence electrons. The number of esters is 1. The van der Waals surface area contributed by atoms with E-state index in [2.05, 4.69) is 15.3 Å². The Labute approximate surface area is 115 Å². The molecular weight excluding hydrogens is 258 g/mol. The van der Waals surface area contributed by atoms with E-state index in [1.165, 1.54) is 0 Å². The summed E-state index contributed by atoms with van der Waals surface area (Å²) in [5, 5.41) is 2.74. The molecule has 6 nitrogen and oxygen atoms in total. The number of H-pyrrole nitrogens is 1. The summed E-state index contributed by atoms with van der Waals surface area (Å²) in [7, 11) is 0. The molecule has 0 bridgehead atoms. The molecule has 0 saturated carbocycles. The maximum atomic E-state index is 12.2. The van der Waals surface area contributed by atoms with E-state index in [1.54, 1.807) is 26.0 Å². The molecule has 0 aliphatic carbocycles. The summed E-state index contributed by atoms with van der Waals surface area (Å²) in [5.41, 5.74) is 1.49. The van der Waals surface area contributed by atoms with Gasteiger partial charge in [-0.3, -0.25) is 9.59 Å². The van der Waals surface area contributed by atoms with Crippen molar-refractivity contribution in [2.75, 3.05) is 11.9 Å². The lowest BCUT2D eigenvalue weighted by Crippen LogP contribution is -2.40. The van der Waals surface area contributed by atoms with E-state index in [4.69, 9.17) is 4.74 Å². The molecule has 1 aliphatic rings. The number of imidazole rings is 1. The molecule has 0 saturated heterocycles. The lowest BCUT2D eigenvalue weighted by atomic mass is 9.83. The quantitative estimate of drug-likeness (QED) is 0.643. The fourth-order valence-corrected chi connectivity index (χ4v) is 2.55. The van der Waals surface area contributed by atoms with Gasteiger partial charge in [-0.15, -0.1) is 0 Å². The van der Waals surface area contributed by atoms with E-state index in [1.807, 2.05) is 6.92 Å². The highest BCUT2D eigenvalue weighted by molar-refractivity contribution is 6.19. The third-order valence-corrected chi connectivity index (χ3v) is 3.66. The van der Waals surface area contributed by atoms with Gasteiger partial charge in [0.15, 0.2) is 5.41 Å². The number of rotatable bonds is 2. The Kier molecular flexibility index (Phi) is 2.57. The van der Waals surface area contributed by atoms with Crippen molar-refractivity contribution in [1.82, 2.24) is 9.97 Å². The van der Waals surface area contributed by atoms with Gasteiger partial charge >= 0.3 is 5.97 Å². The number of carbonyl (C=O) groups excluding carboxylic acids is 2. The molecule has 2 N–H and O–H groups in total. The molecular formula is C14H15N3O3. The highest BCUT2D eigenvalue weighted by Crippen LogP contribution is 2.40. The van der Waals surface area contributed by atoms with Crippen LogP contribution in [0.3, 0.4) is 0 Å². The summed E-state index contributed by atoms with van der Waals surface area (Å²) in [4.78, 5) is 31.8. The number of nitrogens with zero attached hydrogens (tertiary/aromatic N) is 1. The Bertz CT molecular complexity index is 735. The summed E-state index contributed by atoms with van der Waals surface area (Å²) in [6.45, 7) is 5.40. The van der Waals surface area contributed by atoms with Crippen molar-refractivity contribution >= 4 is 28.6 Å². The summed E-state index contributed by atoms with van der Waals surface area (Å²) in [6.07, 6.45) is 0. The van der Waals surface area contributed by atoms with E-state index in [0.29, 0.717) is 11.3 Å². The molecule has 1 aliphatic heterocycles. The van der Waals surface area contributed by atoms with Gasteiger partial charge in [0.1, 0.15) is 5.82 Å². The number of aromatic amines is 1. The van der Waals surface area contributed by atoms with Crippen LogP contribution >= 0.6 is 0 Å². The van der Waals surface area contributed by atoms with Gasteiger partial charge in [-0.25, -0.2) is 4.98 Å². The van der Waals surface area contributed by atoms with E-state index in [9.17, 15) is 9.59 Å². The molecule has 20 heavy (non-hydrogen) atoms. The number of nitrogens with one attached hydrogen (secondary N) is 2. The van der Waals surface area contributed by atoms with Crippen molar-refractivity contribution < 1.29 is 14.3 Å². The van der Waals surface area contributed by atoms with E-state index in [-0.39, 0.29) is 12.5 Å². The fourth-order valence-electron chi connectivity index (χ4n) is 2.55. The summed E-state index contributed by atoms with van der Waals surface area (Å²) < 4.78 is 5.05. The Morgan fingerprint density at radius 1 is 1.45 bits per heavy atom. The smallest absolute Gasteiger partial charge is 0.326 e. The first kappa shape index (κ1) is 12.7. The average Bonchev–Trinajstić information content (AvgIpc) is 2.86. The van der Waals surface area contributed by atoms with Gasteiger partial charge < -0.3 is 15.0 Å². The maximum absolute atomic E-state index is 12.2. The third-order valence-electron chi connectivity index (χ3n) is 3.66. The summed E-state index contributed by atoms with van der Waals surface area (Å²) in [5.74, 6) is -0.116. The highest BCUT2D eigenvalue weighted by Gasteiger charge is 2.50. The fraction of sp³-hybridized carbons (Fsp3) is 0.357. The zero-order chi connectivity index (χ0) is 14.5. The van der Waals surface area contributed by atoms with E-state index in [0.717, 1.165) is 16.9 Å². The number of amides is 1. The van der Waals surface area contributed by atoms with Crippen LogP contribution in [0.25, 0.3) is 11.0 Å². The molecule has 0 radical (unpaired) electrons. The van der Waals surface area contributed by atoms with Crippen LogP contribution in [-0.4, -0.2) is 28.5 Å². The second kappa shape index (κ2) is 4.06. The maximum Gasteiger partial charge on any atom is 0.326 e. The minimum absolute atomic E-state index is 0.239. The number of benzene rings is 1. The normalized spacial score (nSPS) is 20.9. The Morgan fingerprint density at radius 3 is 2.90 bits per heavy atom. The van der Waals surface area contributed by atoms with Crippen molar-refractivity contribution in [3.8, 4) is 0 Å². The zero-order valence-electron chi connectivity index (χ0n) is 11.5. The van der Waals surface area contributed by atoms with Crippen LogP contribution in [0.4, 0.5) is 5.69 Å². The van der Waals surface area contributed by atoms with Crippen molar-refractivity contribution in [2.24, 2.45) is 0 Å². The number of aryl methyl sites for hydroxylation is 1. The number of fused-ring (bicyclic) bond motifs is 2. The monoisotopic (exact) mass is 273 g/mol. The van der Waals surface area contributed by atoms with Crippen LogP contribution in [0.2, 0.25) is 0 Å². The van der Waals surface area contributed by atoms with Crippen molar-refractivity contribution in [3.63, 3.8) is 0 Å². The molecule has 1 atom stereocenters. The first-order chi connectivity index (χ1) is 9.46. The summed E-state index contributed by atoms with van der Waals surface area (Å²) in [6, 6.07) is 3.57. The second-order valence-electron chi connectivity index (χ2n) is 5.04. The number of aromatic nitrogens is 2. The Hall–Kier alpha value is -2.37. The van der Waals surface area contributed by atoms with Gasteiger partial charge in [-0.1, -0.05) is 0 Å². The van der Waals surface area contributed by atoms with Gasteiger partial charge in [-0.2, -0.15) is 0 Å². The van der Waals surface area contributed by atoms with Crippen LogP contribution < -0.4 is 5.32 Å². The van der Waals surface area contributed by atoms with Crippen LogP contribution in [-0.2, 0) is 19.7 Å². The minimum Gasteiger partial charge on any atom is -0.465 e. The van der Waals surface area contributed by atoms with Crippen LogP contribution in [0, 0.1) is 6.92 Å². The number of carbonyl (C=O) groups is 2. The van der Waals surface area contributed by atoms with Crippen LogP contribution in [0.1, 0.15) is 25.2 Å². The molecule has 6 heteroatoms. The van der Waals surface area contributed by atoms with Crippen molar-refractivity contribution in [3.05, 3.63) is 23.5 Å². The Morgan fingerprint density at radius 2 is 2.20 bits per heavy atom. The molecule has 1 unspecified atom stereocenters. The molecule has 1 aromatic heterocycles. The predicted octanol–water partition coefficient (Wildman–Crippen LogP) is 1.64. The predicted molar refractivity (Wildman–Crippen MR) is 73.4 cm³/mol. The topological polar surface area (TPSA) is 84.1 Å². The molecule has 3 rings (SSSR count). The molecule has 2 aromatic rings. The average molecular weight is 273 g/mol. The zero-order valence-corrected chi connectivity index (χ0v) is 11.5. The van der Waals surface area contributed by atoms with E-state index >= 15 is 0 Å². The standard InChI is InChI=1S/C14H15N3O3/c1-4-20-13(19)14(3)8-5-10-11(16-7(2)15-10)6-9(8)17-12(14)18/h5-6H,4H2,1-3H3,(H,15,16)(H,17,18). The first-order valence-electron chi connectivity index (χ1n) is 6.46. The lowest BCUT2D eigenvalue weighted by Gasteiger charge is -2.19.